The van der Waals surface area contributed by atoms with Gasteiger partial charge in [0.05, 0.1) is 23.1 Å². The number of piperidine rings is 1. The molecule has 158 valence electrons. The Hall–Kier alpha value is -3.37. The number of anilines is 3. The van der Waals surface area contributed by atoms with Crippen LogP contribution < -0.4 is 15.5 Å². The summed E-state index contributed by atoms with van der Waals surface area (Å²) in [5.74, 6) is -4.03. The van der Waals surface area contributed by atoms with Crippen LogP contribution in [0, 0.1) is 18.6 Å². The Morgan fingerprint density at radius 3 is 2.57 bits per heavy atom. The molecule has 0 aliphatic carbocycles. The fraction of sp³-hybridized carbons (Fsp3) is 0.316. The molecule has 4 rings (SSSR count). The third kappa shape index (κ3) is 4.00. The van der Waals surface area contributed by atoms with Crippen LogP contribution in [0.3, 0.4) is 0 Å². The minimum atomic E-state index is -2.66. The van der Waals surface area contributed by atoms with Crippen molar-refractivity contribution < 1.29 is 22.4 Å². The third-order valence-electron chi connectivity index (χ3n) is 4.93. The molecule has 1 saturated heterocycles. The van der Waals surface area contributed by atoms with Crippen molar-refractivity contribution in [2.45, 2.75) is 25.7 Å². The van der Waals surface area contributed by atoms with E-state index < -0.39 is 23.6 Å². The van der Waals surface area contributed by atoms with E-state index in [0.29, 0.717) is 22.4 Å². The maximum atomic E-state index is 13.5. The number of amides is 2. The molecular formula is C19H18F4N6O. The van der Waals surface area contributed by atoms with Gasteiger partial charge in [-0.3, -0.25) is 5.32 Å². The third-order valence-corrected chi connectivity index (χ3v) is 4.93. The number of aryl methyl sites for hydroxylation is 1. The van der Waals surface area contributed by atoms with Crippen molar-refractivity contribution in [3.63, 3.8) is 0 Å². The predicted molar refractivity (Wildman–Crippen MR) is 104 cm³/mol. The Morgan fingerprint density at radius 2 is 1.87 bits per heavy atom. The number of hydrogen-bond acceptors (Lipinski definition) is 4. The van der Waals surface area contributed by atoms with Gasteiger partial charge in [0.15, 0.2) is 17.5 Å². The number of alkyl halides is 2. The van der Waals surface area contributed by atoms with Crippen molar-refractivity contribution in [3.8, 4) is 0 Å². The summed E-state index contributed by atoms with van der Waals surface area (Å²) in [6.45, 7) is 2.02. The Balaban J connectivity index is 1.44. The molecule has 0 saturated carbocycles. The number of halogens is 4. The first-order valence-electron chi connectivity index (χ1n) is 9.22. The molecular weight excluding hydrogens is 404 g/mol. The van der Waals surface area contributed by atoms with Gasteiger partial charge in [-0.1, -0.05) is 0 Å². The number of aromatic nitrogens is 3. The SMILES string of the molecule is Cc1nc(NC(=O)Nc2c[nH]c3cc(F)c(F)cc23)cnc1N1CCC(F)(F)CC1. The standard InChI is InChI=1S/C19H18F4N6O/c1-10-17(29-4-2-19(22,23)3-5-29)25-9-16(26-10)28-18(30)27-15-8-24-14-7-13(21)12(20)6-11(14)15/h6-9,24H,2-5H2,1H3,(H2,26,27,28,30). The Morgan fingerprint density at radius 1 is 1.17 bits per heavy atom. The number of aromatic amines is 1. The van der Waals surface area contributed by atoms with E-state index in [9.17, 15) is 22.4 Å². The highest BCUT2D eigenvalue weighted by atomic mass is 19.3. The molecule has 0 spiro atoms. The Labute approximate surface area is 168 Å². The van der Waals surface area contributed by atoms with Crippen LogP contribution in [-0.4, -0.2) is 40.0 Å². The summed E-state index contributed by atoms with van der Waals surface area (Å²) in [6, 6.07) is 1.33. The summed E-state index contributed by atoms with van der Waals surface area (Å²) in [7, 11) is 0. The molecule has 1 aliphatic rings. The van der Waals surface area contributed by atoms with E-state index in [-0.39, 0.29) is 37.4 Å². The van der Waals surface area contributed by atoms with Gasteiger partial charge in [-0.05, 0) is 13.0 Å². The molecule has 2 aromatic heterocycles. The summed E-state index contributed by atoms with van der Waals surface area (Å²) in [5, 5.41) is 5.35. The molecule has 3 heterocycles. The van der Waals surface area contributed by atoms with E-state index in [2.05, 4.69) is 25.6 Å². The normalized spacial score (nSPS) is 16.0. The van der Waals surface area contributed by atoms with Crippen molar-refractivity contribution in [3.05, 3.63) is 41.9 Å². The van der Waals surface area contributed by atoms with E-state index in [1.54, 1.807) is 11.8 Å². The largest absolute Gasteiger partial charge is 0.359 e. The van der Waals surface area contributed by atoms with Crippen molar-refractivity contribution >= 4 is 34.3 Å². The molecule has 0 atom stereocenters. The van der Waals surface area contributed by atoms with Crippen LogP contribution in [0.1, 0.15) is 18.5 Å². The smallest absolute Gasteiger partial charge is 0.324 e. The fourth-order valence-corrected chi connectivity index (χ4v) is 3.38. The zero-order chi connectivity index (χ0) is 21.5. The van der Waals surface area contributed by atoms with E-state index in [0.717, 1.165) is 12.1 Å². The van der Waals surface area contributed by atoms with Gasteiger partial charge in [-0.15, -0.1) is 0 Å². The number of rotatable bonds is 3. The van der Waals surface area contributed by atoms with E-state index >= 15 is 0 Å². The highest BCUT2D eigenvalue weighted by molar-refractivity contribution is 6.05. The molecule has 7 nitrogen and oxygen atoms in total. The average molecular weight is 422 g/mol. The number of nitrogens with zero attached hydrogens (tertiary/aromatic N) is 3. The second-order valence-electron chi connectivity index (χ2n) is 7.10. The number of nitrogens with one attached hydrogen (secondary N) is 3. The maximum Gasteiger partial charge on any atom is 0.324 e. The van der Waals surface area contributed by atoms with E-state index in [1.807, 2.05) is 0 Å². The van der Waals surface area contributed by atoms with Crippen molar-refractivity contribution in [1.29, 1.82) is 0 Å². The van der Waals surface area contributed by atoms with Crippen molar-refractivity contribution in [2.24, 2.45) is 0 Å². The summed E-state index contributed by atoms with van der Waals surface area (Å²) in [6.07, 6.45) is 2.26. The van der Waals surface area contributed by atoms with Gasteiger partial charge in [0.1, 0.15) is 5.82 Å². The van der Waals surface area contributed by atoms with Crippen LogP contribution in [0.15, 0.2) is 24.5 Å². The van der Waals surface area contributed by atoms with Crippen LogP contribution in [0.2, 0.25) is 0 Å². The number of hydrogen-bond donors (Lipinski definition) is 3. The molecule has 3 aromatic rings. The number of benzene rings is 1. The summed E-state index contributed by atoms with van der Waals surface area (Å²) < 4.78 is 53.5. The highest BCUT2D eigenvalue weighted by Crippen LogP contribution is 2.31. The molecule has 0 bridgehead atoms. The lowest BCUT2D eigenvalue weighted by Gasteiger charge is -2.33. The molecule has 1 fully saturated rings. The maximum absolute atomic E-state index is 13.5. The minimum absolute atomic E-state index is 0.160. The van der Waals surface area contributed by atoms with E-state index in [1.165, 1.54) is 12.4 Å². The second kappa shape index (κ2) is 7.47. The zero-order valence-corrected chi connectivity index (χ0v) is 15.9. The lowest BCUT2D eigenvalue weighted by molar-refractivity contribution is -0.0221. The minimum Gasteiger partial charge on any atom is -0.359 e. The first-order valence-corrected chi connectivity index (χ1v) is 9.22. The van der Waals surface area contributed by atoms with Gasteiger partial charge in [0, 0.05) is 43.6 Å². The zero-order valence-electron chi connectivity index (χ0n) is 15.9. The molecule has 3 N–H and O–H groups in total. The second-order valence-corrected chi connectivity index (χ2v) is 7.10. The Kier molecular flexibility index (Phi) is 4.96. The summed E-state index contributed by atoms with van der Waals surface area (Å²) >= 11 is 0. The van der Waals surface area contributed by atoms with Gasteiger partial charge in [0.25, 0.3) is 5.92 Å². The molecule has 1 aromatic carbocycles. The van der Waals surface area contributed by atoms with Crippen LogP contribution in [-0.2, 0) is 0 Å². The van der Waals surface area contributed by atoms with Crippen molar-refractivity contribution in [2.75, 3.05) is 28.6 Å². The first kappa shape index (κ1) is 19.9. The lowest BCUT2D eigenvalue weighted by Crippen LogP contribution is -2.40. The molecule has 0 radical (unpaired) electrons. The fourth-order valence-electron chi connectivity index (χ4n) is 3.38. The van der Waals surface area contributed by atoms with Crippen molar-refractivity contribution in [1.82, 2.24) is 15.0 Å². The topological polar surface area (TPSA) is 85.9 Å². The van der Waals surface area contributed by atoms with Gasteiger partial charge < -0.3 is 15.2 Å². The Bertz CT molecular complexity index is 1110. The lowest BCUT2D eigenvalue weighted by atomic mass is 10.1. The molecule has 30 heavy (non-hydrogen) atoms. The average Bonchev–Trinajstić information content (AvgIpc) is 3.04. The number of urea groups is 1. The molecule has 1 aliphatic heterocycles. The monoisotopic (exact) mass is 422 g/mol. The number of fused-ring (bicyclic) bond motifs is 1. The summed E-state index contributed by atoms with van der Waals surface area (Å²) in [4.78, 5) is 25.3. The molecule has 0 unspecified atom stereocenters. The van der Waals surface area contributed by atoms with Gasteiger partial charge in [-0.2, -0.15) is 0 Å². The van der Waals surface area contributed by atoms with Gasteiger partial charge >= 0.3 is 6.03 Å². The first-order chi connectivity index (χ1) is 14.2. The van der Waals surface area contributed by atoms with Gasteiger partial charge in [0.2, 0.25) is 0 Å². The molecule has 11 heteroatoms. The van der Waals surface area contributed by atoms with Gasteiger partial charge in [-0.25, -0.2) is 32.3 Å². The summed E-state index contributed by atoms with van der Waals surface area (Å²) in [5.41, 5.74) is 1.08. The van der Waals surface area contributed by atoms with Crippen LogP contribution in [0.5, 0.6) is 0 Å². The number of carbonyl (C=O) groups excluding carboxylic acids is 1. The number of H-pyrrole nitrogens is 1. The highest BCUT2D eigenvalue weighted by Gasteiger charge is 2.34. The molecule has 2 amide bonds. The number of carbonyl (C=O) groups is 1. The van der Waals surface area contributed by atoms with Crippen LogP contribution >= 0.6 is 0 Å². The predicted octanol–water partition coefficient (Wildman–Crippen LogP) is 4.42. The van der Waals surface area contributed by atoms with E-state index in [4.69, 9.17) is 0 Å². The van der Waals surface area contributed by atoms with Crippen LogP contribution in [0.4, 0.5) is 39.7 Å². The van der Waals surface area contributed by atoms with Crippen LogP contribution in [0.25, 0.3) is 10.9 Å². The quantitative estimate of drug-likeness (QED) is 0.546.